The van der Waals surface area contributed by atoms with Gasteiger partial charge in [0.2, 0.25) is 0 Å². The van der Waals surface area contributed by atoms with Gasteiger partial charge in [0.25, 0.3) is 5.91 Å². The largest absolute Gasteiger partial charge is 0.353 e. The lowest BCUT2D eigenvalue weighted by atomic mass is 10.2. The van der Waals surface area contributed by atoms with Crippen molar-refractivity contribution in [3.8, 4) is 0 Å². The zero-order chi connectivity index (χ0) is 16.9. The fourth-order valence-electron chi connectivity index (χ4n) is 2.77. The van der Waals surface area contributed by atoms with E-state index in [9.17, 15) is 4.79 Å². The lowest BCUT2D eigenvalue weighted by Gasteiger charge is -2.32. The molecular weight excluding hydrogens is 302 g/mol. The summed E-state index contributed by atoms with van der Waals surface area (Å²) in [5.74, 6) is 0.724. The zero-order valence-corrected chi connectivity index (χ0v) is 14.2. The van der Waals surface area contributed by atoms with Crippen LogP contribution in [-0.4, -0.2) is 66.2 Å². The predicted octanol–water partition coefficient (Wildman–Crippen LogP) is 1.50. The fourth-order valence-corrected chi connectivity index (χ4v) is 2.77. The van der Waals surface area contributed by atoms with Crippen molar-refractivity contribution in [1.29, 1.82) is 0 Å². The Morgan fingerprint density at radius 3 is 2.38 bits per heavy atom. The second kappa shape index (κ2) is 7.40. The average molecular weight is 325 g/mol. The van der Waals surface area contributed by atoms with Crippen LogP contribution in [0.4, 0.5) is 5.82 Å². The number of piperazine rings is 1. The Morgan fingerprint density at radius 2 is 1.75 bits per heavy atom. The Kier molecular flexibility index (Phi) is 5.05. The van der Waals surface area contributed by atoms with Gasteiger partial charge in [0.05, 0.1) is 0 Å². The molecular formula is C18H23N5O. The number of carbonyl (C=O) groups excluding carboxylic acids is 1. The van der Waals surface area contributed by atoms with Gasteiger partial charge in [-0.05, 0) is 24.7 Å². The topological polar surface area (TPSA) is 52.6 Å². The van der Waals surface area contributed by atoms with Crippen LogP contribution in [-0.2, 0) is 6.54 Å². The molecule has 0 radical (unpaired) electrons. The highest BCUT2D eigenvalue weighted by Gasteiger charge is 2.18. The fraction of sp³-hybridized carbons (Fsp3) is 0.389. The van der Waals surface area contributed by atoms with E-state index in [-0.39, 0.29) is 5.91 Å². The van der Waals surface area contributed by atoms with E-state index in [1.54, 1.807) is 18.0 Å². The number of benzene rings is 1. The zero-order valence-electron chi connectivity index (χ0n) is 14.2. The third-order valence-corrected chi connectivity index (χ3v) is 4.31. The van der Waals surface area contributed by atoms with Crippen molar-refractivity contribution in [2.75, 3.05) is 45.2 Å². The molecule has 1 aromatic carbocycles. The second-order valence-corrected chi connectivity index (χ2v) is 6.21. The van der Waals surface area contributed by atoms with Gasteiger partial charge in [0.15, 0.2) is 11.5 Å². The SMILES string of the molecule is CN1CCN(c2ccc(C(=O)N(C)Cc3ccccc3)nn2)CC1. The van der Waals surface area contributed by atoms with Crippen molar-refractivity contribution in [1.82, 2.24) is 20.0 Å². The van der Waals surface area contributed by atoms with E-state index in [1.165, 1.54) is 0 Å². The molecule has 1 aromatic heterocycles. The molecule has 1 fully saturated rings. The van der Waals surface area contributed by atoms with Crippen LogP contribution >= 0.6 is 0 Å². The van der Waals surface area contributed by atoms with Crippen LogP contribution in [0.5, 0.6) is 0 Å². The average Bonchev–Trinajstić information content (AvgIpc) is 2.63. The van der Waals surface area contributed by atoms with Crippen LogP contribution in [0, 0.1) is 0 Å². The molecule has 2 heterocycles. The van der Waals surface area contributed by atoms with Crippen molar-refractivity contribution in [2.24, 2.45) is 0 Å². The number of hydrogen-bond acceptors (Lipinski definition) is 5. The molecule has 1 aliphatic rings. The molecule has 6 heteroatoms. The Bertz CT molecular complexity index is 666. The van der Waals surface area contributed by atoms with E-state index in [4.69, 9.17) is 0 Å². The lowest BCUT2D eigenvalue weighted by Crippen LogP contribution is -2.44. The third-order valence-electron chi connectivity index (χ3n) is 4.31. The second-order valence-electron chi connectivity index (χ2n) is 6.21. The van der Waals surface area contributed by atoms with Gasteiger partial charge >= 0.3 is 0 Å². The minimum Gasteiger partial charge on any atom is -0.353 e. The van der Waals surface area contributed by atoms with Crippen LogP contribution in [0.2, 0.25) is 0 Å². The van der Waals surface area contributed by atoms with Crippen molar-refractivity contribution in [2.45, 2.75) is 6.54 Å². The highest BCUT2D eigenvalue weighted by molar-refractivity contribution is 5.92. The first-order chi connectivity index (χ1) is 11.6. The molecule has 0 aliphatic carbocycles. The maximum absolute atomic E-state index is 12.5. The Hall–Kier alpha value is -2.47. The first-order valence-electron chi connectivity index (χ1n) is 8.20. The molecule has 1 amide bonds. The number of amides is 1. The highest BCUT2D eigenvalue weighted by atomic mass is 16.2. The van der Waals surface area contributed by atoms with E-state index in [1.807, 2.05) is 36.4 Å². The molecule has 6 nitrogen and oxygen atoms in total. The van der Waals surface area contributed by atoms with Gasteiger partial charge in [0, 0.05) is 39.8 Å². The molecule has 0 atom stereocenters. The minimum atomic E-state index is -0.115. The number of hydrogen-bond donors (Lipinski definition) is 0. The van der Waals surface area contributed by atoms with Crippen LogP contribution in [0.3, 0.4) is 0 Å². The van der Waals surface area contributed by atoms with Crippen molar-refractivity contribution in [3.63, 3.8) is 0 Å². The van der Waals surface area contributed by atoms with Crippen molar-refractivity contribution >= 4 is 11.7 Å². The van der Waals surface area contributed by atoms with Crippen LogP contribution < -0.4 is 4.90 Å². The highest BCUT2D eigenvalue weighted by Crippen LogP contribution is 2.13. The molecule has 3 rings (SSSR count). The molecule has 0 bridgehead atoms. The molecule has 24 heavy (non-hydrogen) atoms. The van der Waals surface area contributed by atoms with Crippen molar-refractivity contribution in [3.05, 3.63) is 53.7 Å². The Labute approximate surface area is 142 Å². The summed E-state index contributed by atoms with van der Waals surface area (Å²) in [4.78, 5) is 18.6. The number of rotatable bonds is 4. The van der Waals surface area contributed by atoms with Gasteiger partial charge in [0.1, 0.15) is 0 Å². The monoisotopic (exact) mass is 325 g/mol. The van der Waals surface area contributed by atoms with Gasteiger partial charge in [-0.25, -0.2) is 0 Å². The molecule has 126 valence electrons. The lowest BCUT2D eigenvalue weighted by molar-refractivity contribution is 0.0778. The van der Waals surface area contributed by atoms with Gasteiger partial charge in [-0.2, -0.15) is 0 Å². The Morgan fingerprint density at radius 1 is 1.04 bits per heavy atom. The van der Waals surface area contributed by atoms with E-state index in [0.29, 0.717) is 12.2 Å². The quantitative estimate of drug-likeness (QED) is 0.853. The normalized spacial score (nSPS) is 15.3. The summed E-state index contributed by atoms with van der Waals surface area (Å²) in [6.07, 6.45) is 0. The summed E-state index contributed by atoms with van der Waals surface area (Å²) in [7, 11) is 3.90. The molecule has 1 saturated heterocycles. The molecule has 0 saturated carbocycles. The molecule has 0 spiro atoms. The van der Waals surface area contributed by atoms with Crippen LogP contribution in [0.15, 0.2) is 42.5 Å². The predicted molar refractivity (Wildman–Crippen MR) is 94.0 cm³/mol. The third kappa shape index (κ3) is 3.89. The standard InChI is InChI=1S/C18H23N5O/c1-21-10-12-23(13-11-21)17-9-8-16(19-20-17)18(24)22(2)14-15-6-4-3-5-7-15/h3-9H,10-14H2,1-2H3. The van der Waals surface area contributed by atoms with Crippen molar-refractivity contribution < 1.29 is 4.79 Å². The van der Waals surface area contributed by atoms with Gasteiger partial charge < -0.3 is 14.7 Å². The molecule has 2 aromatic rings. The number of carbonyl (C=O) groups is 1. The smallest absolute Gasteiger partial charge is 0.274 e. The number of aromatic nitrogens is 2. The molecule has 1 aliphatic heterocycles. The van der Waals surface area contributed by atoms with E-state index in [2.05, 4.69) is 27.0 Å². The number of nitrogens with zero attached hydrogens (tertiary/aromatic N) is 5. The summed E-state index contributed by atoms with van der Waals surface area (Å²) in [5.41, 5.74) is 1.47. The molecule has 0 unspecified atom stereocenters. The van der Waals surface area contributed by atoms with Gasteiger partial charge in [-0.1, -0.05) is 30.3 Å². The summed E-state index contributed by atoms with van der Waals surface area (Å²) >= 11 is 0. The maximum atomic E-state index is 12.5. The summed E-state index contributed by atoms with van der Waals surface area (Å²) in [5, 5.41) is 8.39. The first kappa shape index (κ1) is 16.4. The minimum absolute atomic E-state index is 0.115. The maximum Gasteiger partial charge on any atom is 0.274 e. The van der Waals surface area contributed by atoms with Crippen LogP contribution in [0.1, 0.15) is 16.1 Å². The summed E-state index contributed by atoms with van der Waals surface area (Å²) in [6.45, 7) is 4.46. The summed E-state index contributed by atoms with van der Waals surface area (Å²) < 4.78 is 0. The Balaban J connectivity index is 1.63. The molecule has 0 N–H and O–H groups in total. The van der Waals surface area contributed by atoms with E-state index in [0.717, 1.165) is 37.6 Å². The van der Waals surface area contributed by atoms with Crippen LogP contribution in [0.25, 0.3) is 0 Å². The first-order valence-corrected chi connectivity index (χ1v) is 8.20. The van der Waals surface area contributed by atoms with E-state index >= 15 is 0 Å². The van der Waals surface area contributed by atoms with E-state index < -0.39 is 0 Å². The summed E-state index contributed by atoms with van der Waals surface area (Å²) in [6, 6.07) is 13.6. The van der Waals surface area contributed by atoms with Gasteiger partial charge in [-0.3, -0.25) is 4.79 Å². The van der Waals surface area contributed by atoms with Gasteiger partial charge in [-0.15, -0.1) is 10.2 Å². The number of likely N-dealkylation sites (N-methyl/N-ethyl adjacent to an activating group) is 1. The number of anilines is 1.